The van der Waals surface area contributed by atoms with Crippen molar-refractivity contribution in [3.8, 4) is 0 Å². The van der Waals surface area contributed by atoms with Crippen molar-refractivity contribution < 1.29 is 29.0 Å². The van der Waals surface area contributed by atoms with E-state index in [0.717, 1.165) is 12.8 Å². The molecule has 0 aromatic heterocycles. The van der Waals surface area contributed by atoms with Gasteiger partial charge in [0.1, 0.15) is 17.6 Å². The molecule has 2 saturated heterocycles. The van der Waals surface area contributed by atoms with Gasteiger partial charge in [0.2, 0.25) is 5.91 Å². The quantitative estimate of drug-likeness (QED) is 0.331. The Morgan fingerprint density at radius 3 is 2.51 bits per heavy atom. The van der Waals surface area contributed by atoms with Crippen LogP contribution in [0.25, 0.3) is 0 Å². The number of rotatable bonds is 7. The van der Waals surface area contributed by atoms with E-state index in [9.17, 15) is 14.4 Å². The van der Waals surface area contributed by atoms with Gasteiger partial charge in [0.05, 0.1) is 18.1 Å². The number of nitrogens with zero attached hydrogens (tertiary/aromatic N) is 2. The summed E-state index contributed by atoms with van der Waals surface area (Å²) in [5, 5.41) is 9.67. The molecule has 2 fully saturated rings. The minimum atomic E-state index is -1.30. The summed E-state index contributed by atoms with van der Waals surface area (Å²) in [5.41, 5.74) is -1.71. The monoisotopic (exact) mass is 528 g/mol. The molecule has 0 radical (unpaired) electrons. The molecule has 4 aliphatic rings. The van der Waals surface area contributed by atoms with Crippen molar-refractivity contribution >= 4 is 35.1 Å². The molecule has 0 aliphatic carbocycles. The molecule has 5 atom stereocenters. The molecular weight excluding hydrogens is 496 g/mol. The van der Waals surface area contributed by atoms with Crippen molar-refractivity contribution in [2.75, 3.05) is 31.2 Å². The highest BCUT2D eigenvalue weighted by Gasteiger charge is 2.74. The third-order valence-electron chi connectivity index (χ3n) is 7.97. The number of hydrogen-bond donors (Lipinski definition) is 1. The number of hydrogen-bond acceptors (Lipinski definition) is 6. The van der Waals surface area contributed by atoms with Gasteiger partial charge in [-0.05, 0) is 50.5 Å². The molecule has 0 bridgehead atoms. The zero-order valence-corrected chi connectivity index (χ0v) is 21.7. The van der Waals surface area contributed by atoms with Crippen LogP contribution in [-0.2, 0) is 23.9 Å². The summed E-state index contributed by atoms with van der Waals surface area (Å²) in [4.78, 5) is 44.9. The van der Waals surface area contributed by atoms with Crippen LogP contribution in [0.2, 0.25) is 5.02 Å². The van der Waals surface area contributed by atoms with Crippen molar-refractivity contribution in [1.29, 1.82) is 0 Å². The number of ether oxygens (including phenoxy) is 2. The van der Waals surface area contributed by atoms with Crippen LogP contribution in [-0.4, -0.2) is 71.3 Å². The van der Waals surface area contributed by atoms with Crippen LogP contribution in [0.1, 0.15) is 39.0 Å². The number of halogens is 1. The van der Waals surface area contributed by atoms with Crippen molar-refractivity contribution in [1.82, 2.24) is 4.90 Å². The van der Waals surface area contributed by atoms with E-state index in [0.29, 0.717) is 43.1 Å². The van der Waals surface area contributed by atoms with Crippen molar-refractivity contribution in [3.63, 3.8) is 0 Å². The molecule has 4 aliphatic heterocycles. The molecule has 198 valence electrons. The standard InChI is InChI=1S/C28H33ClN2O6/c1-27-13-4-7-18-36-26(35)22(27)21-24(33)31(15-5-2-3-6-17-32)23-25(34)30(16-8-14-28(21,23)37-27)20-11-9-19(29)10-12-20/h4,8-14,21-23,32H,2-3,5-7,15-18H2,1H3/t21-,22+,23?,27-,28-/m0/s1. The fraction of sp³-hybridized carbons (Fsp3) is 0.536. The Morgan fingerprint density at radius 2 is 1.76 bits per heavy atom. The van der Waals surface area contributed by atoms with Gasteiger partial charge >= 0.3 is 5.97 Å². The molecule has 1 unspecified atom stereocenters. The van der Waals surface area contributed by atoms with E-state index in [2.05, 4.69) is 0 Å². The number of carbonyl (C=O) groups excluding carboxylic acids is 3. The fourth-order valence-corrected chi connectivity index (χ4v) is 6.45. The molecule has 1 aromatic carbocycles. The van der Waals surface area contributed by atoms with E-state index in [1.54, 1.807) is 41.0 Å². The molecule has 5 rings (SSSR count). The van der Waals surface area contributed by atoms with Gasteiger partial charge in [0.25, 0.3) is 5.91 Å². The average Bonchev–Trinajstić information content (AvgIpc) is 3.18. The molecule has 1 spiro atoms. The maximum Gasteiger partial charge on any atom is 0.313 e. The number of esters is 1. The SMILES string of the molecule is C[C@]12C=CCCOC(=O)[C@H]1[C@H]1C(=O)N(CCCCCCO)C3C(=O)N(c4ccc(Cl)cc4)CC=C[C@@]31O2. The summed E-state index contributed by atoms with van der Waals surface area (Å²) in [6.07, 6.45) is 11.0. The van der Waals surface area contributed by atoms with Gasteiger partial charge in [0.15, 0.2) is 0 Å². The topological polar surface area (TPSA) is 96.4 Å². The maximum absolute atomic E-state index is 14.3. The summed E-state index contributed by atoms with van der Waals surface area (Å²) in [6.45, 7) is 2.83. The second kappa shape index (κ2) is 10.2. The minimum absolute atomic E-state index is 0.125. The molecule has 2 amide bonds. The first-order valence-electron chi connectivity index (χ1n) is 13.0. The fourth-order valence-electron chi connectivity index (χ4n) is 6.33. The van der Waals surface area contributed by atoms with Crippen LogP contribution < -0.4 is 4.90 Å². The zero-order chi connectivity index (χ0) is 26.2. The van der Waals surface area contributed by atoms with Crippen LogP contribution >= 0.6 is 11.6 Å². The minimum Gasteiger partial charge on any atom is -0.465 e. The molecule has 4 heterocycles. The second-order valence-corrected chi connectivity index (χ2v) is 10.8. The first kappa shape index (κ1) is 25.9. The number of aliphatic hydroxyl groups is 1. The first-order valence-corrected chi connectivity index (χ1v) is 13.4. The molecule has 0 saturated carbocycles. The number of carbonyl (C=O) groups is 3. The van der Waals surface area contributed by atoms with Gasteiger partial charge in [-0.15, -0.1) is 0 Å². The summed E-state index contributed by atoms with van der Waals surface area (Å²) in [5.74, 6) is -2.72. The highest BCUT2D eigenvalue weighted by Crippen LogP contribution is 2.57. The van der Waals surface area contributed by atoms with Gasteiger partial charge < -0.3 is 24.4 Å². The highest BCUT2D eigenvalue weighted by atomic mass is 35.5. The predicted molar refractivity (Wildman–Crippen MR) is 138 cm³/mol. The molecule has 1 N–H and O–H groups in total. The Labute approximate surface area is 221 Å². The van der Waals surface area contributed by atoms with Crippen LogP contribution in [0.4, 0.5) is 5.69 Å². The second-order valence-electron chi connectivity index (χ2n) is 10.4. The Bertz CT molecular complexity index is 1120. The Hall–Kier alpha value is -2.68. The summed E-state index contributed by atoms with van der Waals surface area (Å²) in [7, 11) is 0. The normalized spacial score (nSPS) is 32.9. The zero-order valence-electron chi connectivity index (χ0n) is 21.0. The predicted octanol–water partition coefficient (Wildman–Crippen LogP) is 3.27. The van der Waals surface area contributed by atoms with Gasteiger partial charge in [-0.2, -0.15) is 0 Å². The summed E-state index contributed by atoms with van der Waals surface area (Å²) >= 11 is 6.09. The first-order chi connectivity index (χ1) is 17.8. The number of amides is 2. The van der Waals surface area contributed by atoms with Crippen LogP contribution in [0.15, 0.2) is 48.6 Å². The van der Waals surface area contributed by atoms with E-state index < -0.39 is 35.0 Å². The summed E-state index contributed by atoms with van der Waals surface area (Å²) in [6, 6.07) is 6.09. The van der Waals surface area contributed by atoms with E-state index in [-0.39, 0.29) is 25.0 Å². The number of cyclic esters (lactones) is 1. The van der Waals surface area contributed by atoms with Crippen molar-refractivity contribution in [2.24, 2.45) is 11.8 Å². The number of unbranched alkanes of at least 4 members (excludes halogenated alkanes) is 3. The molecule has 9 heteroatoms. The molecule has 37 heavy (non-hydrogen) atoms. The van der Waals surface area contributed by atoms with Gasteiger partial charge in [-0.25, -0.2) is 0 Å². The third-order valence-corrected chi connectivity index (χ3v) is 8.22. The van der Waals surface area contributed by atoms with Gasteiger partial charge in [-0.3, -0.25) is 14.4 Å². The van der Waals surface area contributed by atoms with Crippen molar-refractivity contribution in [3.05, 3.63) is 53.6 Å². The van der Waals surface area contributed by atoms with E-state index >= 15 is 0 Å². The van der Waals surface area contributed by atoms with Crippen molar-refractivity contribution in [2.45, 2.75) is 56.3 Å². The number of benzene rings is 1. The third kappa shape index (κ3) is 4.39. The molecular formula is C28H33ClN2O6. The Balaban J connectivity index is 1.56. The highest BCUT2D eigenvalue weighted by molar-refractivity contribution is 6.30. The lowest BCUT2D eigenvalue weighted by Crippen LogP contribution is -2.56. The lowest BCUT2D eigenvalue weighted by molar-refractivity contribution is -0.159. The van der Waals surface area contributed by atoms with Crippen LogP contribution in [0.3, 0.4) is 0 Å². The smallest absolute Gasteiger partial charge is 0.313 e. The average molecular weight is 529 g/mol. The number of likely N-dealkylation sites (tertiary alicyclic amines) is 1. The lowest BCUT2D eigenvalue weighted by atomic mass is 9.74. The number of aliphatic hydroxyl groups excluding tert-OH is 1. The number of anilines is 1. The molecule has 1 aromatic rings. The van der Waals surface area contributed by atoms with E-state index in [4.69, 9.17) is 26.2 Å². The Morgan fingerprint density at radius 1 is 1.00 bits per heavy atom. The van der Waals surface area contributed by atoms with Crippen LogP contribution in [0, 0.1) is 11.8 Å². The van der Waals surface area contributed by atoms with Gasteiger partial charge in [-0.1, -0.05) is 48.7 Å². The van der Waals surface area contributed by atoms with Gasteiger partial charge in [0, 0.05) is 30.4 Å². The van der Waals surface area contributed by atoms with Crippen LogP contribution in [0.5, 0.6) is 0 Å². The number of fused-ring (bicyclic) bond motifs is 2. The van der Waals surface area contributed by atoms with E-state index in [1.807, 2.05) is 24.3 Å². The Kier molecular flexibility index (Phi) is 7.18. The largest absolute Gasteiger partial charge is 0.465 e. The molecule has 8 nitrogen and oxygen atoms in total. The maximum atomic E-state index is 14.3. The van der Waals surface area contributed by atoms with E-state index in [1.165, 1.54) is 0 Å². The lowest BCUT2D eigenvalue weighted by Gasteiger charge is -2.37. The summed E-state index contributed by atoms with van der Waals surface area (Å²) < 4.78 is 12.3.